The second kappa shape index (κ2) is 14.3. The van der Waals surface area contributed by atoms with Gasteiger partial charge < -0.3 is 43.0 Å². The molecule has 290 valence electrons. The number of carbonyl (C=O) groups excluding carboxylic acids is 5. The fourth-order valence-corrected chi connectivity index (χ4v) is 11.5. The van der Waals surface area contributed by atoms with Gasteiger partial charge in [0.15, 0.2) is 18.5 Å². The zero-order valence-corrected chi connectivity index (χ0v) is 31.4. The highest BCUT2D eigenvalue weighted by molar-refractivity contribution is 5.85. The predicted octanol–water partition coefficient (Wildman–Crippen LogP) is 3.34. The zero-order valence-electron chi connectivity index (χ0n) is 31.4. The third-order valence-electron chi connectivity index (χ3n) is 13.4. The highest BCUT2D eigenvalue weighted by atomic mass is 16.7. The van der Waals surface area contributed by atoms with Gasteiger partial charge in [-0.15, -0.1) is 0 Å². The molecule has 0 aromatic heterocycles. The average Bonchev–Trinajstić information content (AvgIpc) is 3.58. The first-order chi connectivity index (χ1) is 24.4. The van der Waals surface area contributed by atoms with Crippen molar-refractivity contribution in [3.05, 3.63) is 11.6 Å². The van der Waals surface area contributed by atoms with Crippen molar-refractivity contribution in [2.45, 2.75) is 148 Å². The number of aliphatic hydroxyl groups is 1. The Morgan fingerprint density at radius 2 is 1.46 bits per heavy atom. The molecular weight excluding hydrogens is 680 g/mol. The zero-order chi connectivity index (χ0) is 37.9. The number of methoxy groups -OCH3 is 1. The van der Waals surface area contributed by atoms with Crippen LogP contribution in [0.3, 0.4) is 0 Å². The van der Waals surface area contributed by atoms with Crippen LogP contribution in [0.25, 0.3) is 0 Å². The van der Waals surface area contributed by atoms with Gasteiger partial charge in [-0.1, -0.05) is 13.8 Å². The van der Waals surface area contributed by atoms with Crippen molar-refractivity contribution in [3.63, 3.8) is 0 Å². The molecule has 15 atom stereocenters. The Kier molecular flexibility index (Phi) is 10.6. The third kappa shape index (κ3) is 6.66. The van der Waals surface area contributed by atoms with Crippen LogP contribution >= 0.6 is 0 Å². The molecule has 2 aliphatic heterocycles. The lowest BCUT2D eigenvalue weighted by Gasteiger charge is -2.65. The van der Waals surface area contributed by atoms with Gasteiger partial charge in [0.25, 0.3) is 0 Å². The summed E-state index contributed by atoms with van der Waals surface area (Å²) in [6.07, 6.45) is -1.31. The summed E-state index contributed by atoms with van der Waals surface area (Å²) in [5.41, 5.74) is -1.44. The van der Waals surface area contributed by atoms with Gasteiger partial charge in [0.05, 0.1) is 17.8 Å². The van der Waals surface area contributed by atoms with Crippen LogP contribution < -0.4 is 0 Å². The molecule has 0 aromatic carbocycles. The van der Waals surface area contributed by atoms with Crippen LogP contribution in [-0.4, -0.2) is 103 Å². The molecule has 0 aromatic rings. The minimum Gasteiger partial charge on any atom is -0.462 e. The van der Waals surface area contributed by atoms with E-state index in [1.165, 1.54) is 34.8 Å². The quantitative estimate of drug-likeness (QED) is 0.218. The molecule has 14 nitrogen and oxygen atoms in total. The van der Waals surface area contributed by atoms with E-state index in [2.05, 4.69) is 13.8 Å². The van der Waals surface area contributed by atoms with Gasteiger partial charge >= 0.3 is 29.8 Å². The Bertz CT molecular complexity index is 1480. The first-order valence-electron chi connectivity index (χ1n) is 18.5. The first kappa shape index (κ1) is 38.6. The maximum Gasteiger partial charge on any atom is 0.331 e. The summed E-state index contributed by atoms with van der Waals surface area (Å²) < 4.78 is 47.2. The lowest BCUT2D eigenvalue weighted by Crippen LogP contribution is -2.68. The fraction of sp³-hybridized carbons (Fsp3) is 0.816. The van der Waals surface area contributed by atoms with Crippen LogP contribution in [0, 0.1) is 34.5 Å². The number of esters is 5. The molecule has 52 heavy (non-hydrogen) atoms. The molecule has 14 heteroatoms. The highest BCUT2D eigenvalue weighted by Crippen LogP contribution is 2.70. The SMILES string of the molecule is CO[C@H]1[C@H](OC(C)=O)[C@H](O[C@@H]2C[C@H]3CC[C@@H]4[C@H]([C@H](OC(C)=O)C[C@]5(C)[C@@H](C6=CC(=O)OC6)CC[C@]45O)[C@@]3(C)C[C@H]2OC(C)=O)O[C@H](C)[C@@H]1OC(C)=O. The molecule has 1 saturated heterocycles. The van der Waals surface area contributed by atoms with E-state index < -0.39 is 89.3 Å². The number of fused-ring (bicyclic) bond motifs is 5. The molecule has 6 aliphatic rings. The molecule has 2 heterocycles. The molecule has 4 saturated carbocycles. The van der Waals surface area contributed by atoms with Gasteiger partial charge in [-0.25, -0.2) is 4.79 Å². The largest absolute Gasteiger partial charge is 0.462 e. The summed E-state index contributed by atoms with van der Waals surface area (Å²) in [5.74, 6) is -3.03. The van der Waals surface area contributed by atoms with Crippen molar-refractivity contribution in [1.29, 1.82) is 0 Å². The molecule has 5 fully saturated rings. The lowest BCUT2D eigenvalue weighted by molar-refractivity contribution is -0.326. The minimum atomic E-state index is -1.14. The van der Waals surface area contributed by atoms with Crippen molar-refractivity contribution in [1.82, 2.24) is 0 Å². The Morgan fingerprint density at radius 3 is 2.06 bits per heavy atom. The average molecular weight is 735 g/mol. The molecular formula is C38H54O14. The molecule has 4 aliphatic carbocycles. The van der Waals surface area contributed by atoms with Crippen molar-refractivity contribution in [2.75, 3.05) is 13.7 Å². The minimum absolute atomic E-state index is 0.0116. The highest BCUT2D eigenvalue weighted by Gasteiger charge is 2.71. The van der Waals surface area contributed by atoms with E-state index in [-0.39, 0.29) is 36.2 Å². The van der Waals surface area contributed by atoms with E-state index in [1.54, 1.807) is 13.0 Å². The van der Waals surface area contributed by atoms with Crippen LogP contribution in [0.2, 0.25) is 0 Å². The van der Waals surface area contributed by atoms with Crippen LogP contribution in [0.4, 0.5) is 0 Å². The van der Waals surface area contributed by atoms with Crippen LogP contribution in [-0.2, 0) is 61.9 Å². The topological polar surface area (TPSA) is 179 Å². The van der Waals surface area contributed by atoms with Crippen molar-refractivity contribution in [3.8, 4) is 0 Å². The standard InChI is InChI=1S/C38H54O14/c1-18-32(50-21(4)41)33(45-8)34(51-22(5)42)35(47-18)52-27-14-24-9-10-26-31(36(24,6)15-28(27)48-19(2)39)29(49-20(3)40)16-37(7)25(11-12-38(26,37)44)23-13-30(43)46-17-23/h13,18,24-29,31-35,44H,9-12,14-17H2,1-8H3/t18-,24-,25-,26-,27-,28-,29-,31-,32+,33-,34+,35+,36+,37-,38+/m1/s1. The summed E-state index contributed by atoms with van der Waals surface area (Å²) in [7, 11) is 1.42. The monoisotopic (exact) mass is 734 g/mol. The van der Waals surface area contributed by atoms with Crippen molar-refractivity contribution in [2.24, 2.45) is 34.5 Å². The molecule has 0 bridgehead atoms. The number of carbonyl (C=O) groups is 5. The molecule has 0 spiro atoms. The summed E-state index contributed by atoms with van der Waals surface area (Å²) in [6.45, 7) is 11.4. The van der Waals surface area contributed by atoms with E-state index in [1.807, 2.05) is 0 Å². The van der Waals surface area contributed by atoms with E-state index in [4.69, 9.17) is 37.9 Å². The number of hydrogen-bond donors (Lipinski definition) is 1. The van der Waals surface area contributed by atoms with Gasteiger partial charge in [-0.2, -0.15) is 0 Å². The Labute approximate surface area is 304 Å². The van der Waals surface area contributed by atoms with Gasteiger partial charge in [-0.3, -0.25) is 19.2 Å². The lowest BCUT2D eigenvalue weighted by atomic mass is 9.42. The molecule has 6 rings (SSSR count). The summed E-state index contributed by atoms with van der Waals surface area (Å²) in [6, 6.07) is 0. The van der Waals surface area contributed by atoms with E-state index in [0.717, 1.165) is 12.0 Å². The number of cyclic esters (lactones) is 1. The summed E-state index contributed by atoms with van der Waals surface area (Å²) >= 11 is 0. The van der Waals surface area contributed by atoms with Crippen LogP contribution in [0.5, 0.6) is 0 Å². The molecule has 1 N–H and O–H groups in total. The number of ether oxygens (including phenoxy) is 8. The molecule has 0 amide bonds. The van der Waals surface area contributed by atoms with Gasteiger partial charge in [-0.05, 0) is 80.6 Å². The Hall–Kier alpha value is -3.07. The van der Waals surface area contributed by atoms with Gasteiger partial charge in [0.1, 0.15) is 24.9 Å². The second-order valence-electron chi connectivity index (χ2n) is 16.3. The third-order valence-corrected chi connectivity index (χ3v) is 13.4. The maximum atomic E-state index is 12.8. The van der Waals surface area contributed by atoms with Crippen LogP contribution in [0.15, 0.2) is 11.6 Å². The van der Waals surface area contributed by atoms with Crippen molar-refractivity contribution >= 4 is 29.8 Å². The summed E-state index contributed by atoms with van der Waals surface area (Å²) in [4.78, 5) is 61.7. The first-order valence-corrected chi connectivity index (χ1v) is 18.5. The number of rotatable bonds is 8. The Balaban J connectivity index is 1.31. The Morgan fingerprint density at radius 1 is 0.827 bits per heavy atom. The second-order valence-corrected chi connectivity index (χ2v) is 16.3. The summed E-state index contributed by atoms with van der Waals surface area (Å²) in [5, 5.41) is 12.8. The molecule has 0 unspecified atom stereocenters. The van der Waals surface area contributed by atoms with Crippen LogP contribution in [0.1, 0.15) is 93.4 Å². The smallest absolute Gasteiger partial charge is 0.331 e. The fourth-order valence-electron chi connectivity index (χ4n) is 11.5. The maximum absolute atomic E-state index is 12.8. The normalized spacial score (nSPS) is 45.3. The molecule has 0 radical (unpaired) electrons. The van der Waals surface area contributed by atoms with E-state index >= 15 is 0 Å². The van der Waals surface area contributed by atoms with Gasteiger partial charge in [0, 0.05) is 52.2 Å². The predicted molar refractivity (Wildman–Crippen MR) is 179 cm³/mol. The van der Waals surface area contributed by atoms with E-state index in [9.17, 15) is 29.1 Å². The van der Waals surface area contributed by atoms with Gasteiger partial charge in [0.2, 0.25) is 0 Å². The van der Waals surface area contributed by atoms with Crippen molar-refractivity contribution < 1.29 is 67.0 Å². The number of hydrogen-bond acceptors (Lipinski definition) is 14. The van der Waals surface area contributed by atoms with E-state index in [0.29, 0.717) is 38.5 Å².